The molecule has 0 heterocycles. The molecule has 68 valence electrons. The second-order valence-corrected chi connectivity index (χ2v) is 4.05. The number of carboxylic acid groups (broad SMARTS) is 1. The topological polar surface area (TPSA) is 71.4 Å². The van der Waals surface area contributed by atoms with Gasteiger partial charge in [0, 0.05) is 18.1 Å². The third-order valence-corrected chi connectivity index (χ3v) is 1.47. The van der Waals surface area contributed by atoms with Gasteiger partial charge in [0.1, 0.15) is 0 Å². The van der Waals surface area contributed by atoms with Crippen molar-refractivity contribution in [3.8, 4) is 11.2 Å². The molecule has 0 atom stereocenters. The minimum Gasteiger partial charge on any atom is -0.481 e. The minimum absolute atomic E-state index is 0.0262. The van der Waals surface area contributed by atoms with E-state index in [0.29, 0.717) is 12.8 Å². The zero-order valence-corrected chi connectivity index (χ0v) is 7.52. The largest absolute Gasteiger partial charge is 0.481 e. The molecule has 0 aliphatic heterocycles. The Hall–Kier alpha value is -1.02. The number of unbranched alkanes of at least 4 members (excludes halogenated alkanes) is 1. The molecular formula is C7H10O4S. The number of sulfone groups is 1. The number of carbonyl (C=O) groups is 1. The van der Waals surface area contributed by atoms with Crippen LogP contribution in [0.2, 0.25) is 0 Å². The highest BCUT2D eigenvalue weighted by Gasteiger charge is 1.94. The minimum atomic E-state index is -3.23. The zero-order valence-electron chi connectivity index (χ0n) is 6.70. The third-order valence-electron chi connectivity index (χ3n) is 0.950. The first-order valence-corrected chi connectivity index (χ1v) is 5.22. The molecule has 4 nitrogen and oxygen atoms in total. The van der Waals surface area contributed by atoms with Gasteiger partial charge in [-0.1, -0.05) is 5.92 Å². The summed E-state index contributed by atoms with van der Waals surface area (Å²) in [6.07, 6.45) is 1.73. The van der Waals surface area contributed by atoms with Crippen LogP contribution in [-0.4, -0.2) is 25.7 Å². The number of hydrogen-bond acceptors (Lipinski definition) is 3. The van der Waals surface area contributed by atoms with Gasteiger partial charge in [0.2, 0.25) is 9.84 Å². The summed E-state index contributed by atoms with van der Waals surface area (Å²) >= 11 is 0. The van der Waals surface area contributed by atoms with Crippen LogP contribution in [0.4, 0.5) is 0 Å². The fourth-order valence-electron chi connectivity index (χ4n) is 0.510. The van der Waals surface area contributed by atoms with E-state index in [0.717, 1.165) is 6.26 Å². The van der Waals surface area contributed by atoms with Crippen molar-refractivity contribution in [1.82, 2.24) is 0 Å². The van der Waals surface area contributed by atoms with Crippen LogP contribution in [0.1, 0.15) is 19.3 Å². The maximum Gasteiger partial charge on any atom is 0.303 e. The smallest absolute Gasteiger partial charge is 0.303 e. The van der Waals surface area contributed by atoms with Crippen LogP contribution in [0, 0.1) is 11.2 Å². The normalized spacial score (nSPS) is 10.1. The Morgan fingerprint density at radius 1 is 1.50 bits per heavy atom. The van der Waals surface area contributed by atoms with Gasteiger partial charge in [-0.15, -0.1) is 0 Å². The molecule has 0 spiro atoms. The van der Waals surface area contributed by atoms with Gasteiger partial charge in [-0.05, 0) is 6.42 Å². The lowest BCUT2D eigenvalue weighted by Crippen LogP contribution is -1.93. The summed E-state index contributed by atoms with van der Waals surface area (Å²) in [5.41, 5.74) is 0. The van der Waals surface area contributed by atoms with E-state index in [1.165, 1.54) is 0 Å². The fraction of sp³-hybridized carbons (Fsp3) is 0.571. The first-order valence-electron chi connectivity index (χ1n) is 3.33. The van der Waals surface area contributed by atoms with Crippen molar-refractivity contribution in [3.63, 3.8) is 0 Å². The predicted molar refractivity (Wildman–Crippen MR) is 44.1 cm³/mol. The van der Waals surface area contributed by atoms with Crippen molar-refractivity contribution in [1.29, 1.82) is 0 Å². The summed E-state index contributed by atoms with van der Waals surface area (Å²) in [5.74, 6) is 1.49. The van der Waals surface area contributed by atoms with Crippen molar-refractivity contribution in [2.75, 3.05) is 6.26 Å². The molecule has 12 heavy (non-hydrogen) atoms. The third kappa shape index (κ3) is 8.98. The summed E-state index contributed by atoms with van der Waals surface area (Å²) in [5, 5.41) is 10.2. The first-order chi connectivity index (χ1) is 5.42. The van der Waals surface area contributed by atoms with Crippen molar-refractivity contribution < 1.29 is 18.3 Å². The van der Waals surface area contributed by atoms with E-state index >= 15 is 0 Å². The highest BCUT2D eigenvalue weighted by molar-refractivity contribution is 7.95. The second-order valence-electron chi connectivity index (χ2n) is 2.30. The molecule has 0 radical (unpaired) electrons. The Morgan fingerprint density at radius 3 is 2.50 bits per heavy atom. The number of aliphatic carboxylic acids is 1. The van der Waals surface area contributed by atoms with Crippen molar-refractivity contribution >= 4 is 15.8 Å². The zero-order chi connectivity index (χ0) is 9.61. The Labute approximate surface area is 71.5 Å². The van der Waals surface area contributed by atoms with E-state index in [-0.39, 0.29) is 6.42 Å². The van der Waals surface area contributed by atoms with Crippen molar-refractivity contribution in [3.05, 3.63) is 0 Å². The lowest BCUT2D eigenvalue weighted by Gasteiger charge is -1.86. The van der Waals surface area contributed by atoms with Gasteiger partial charge < -0.3 is 5.11 Å². The summed E-state index contributed by atoms with van der Waals surface area (Å²) in [7, 11) is -3.23. The molecule has 0 rings (SSSR count). The molecule has 0 aromatic heterocycles. The van der Waals surface area contributed by atoms with Crippen LogP contribution in [0.25, 0.3) is 0 Å². The lowest BCUT2D eigenvalue weighted by molar-refractivity contribution is -0.137. The first kappa shape index (κ1) is 11.0. The molecule has 0 saturated heterocycles. The lowest BCUT2D eigenvalue weighted by atomic mass is 10.2. The van der Waals surface area contributed by atoms with E-state index in [2.05, 4.69) is 5.92 Å². The molecule has 0 amide bonds. The maximum absolute atomic E-state index is 10.4. The number of hydrogen-bond donors (Lipinski definition) is 1. The van der Waals surface area contributed by atoms with E-state index in [9.17, 15) is 13.2 Å². The predicted octanol–water partition coefficient (Wildman–Crippen LogP) is 0.247. The van der Waals surface area contributed by atoms with Crippen LogP contribution in [0.5, 0.6) is 0 Å². The summed E-state index contributed by atoms with van der Waals surface area (Å²) in [6, 6.07) is 0. The number of rotatable bonds is 3. The maximum atomic E-state index is 10.4. The molecule has 5 heteroatoms. The van der Waals surface area contributed by atoms with Crippen LogP contribution in [0.15, 0.2) is 0 Å². The van der Waals surface area contributed by atoms with E-state index in [4.69, 9.17) is 5.11 Å². The van der Waals surface area contributed by atoms with E-state index < -0.39 is 15.8 Å². The van der Waals surface area contributed by atoms with Crippen LogP contribution in [-0.2, 0) is 14.6 Å². The van der Waals surface area contributed by atoms with Gasteiger partial charge >= 0.3 is 5.97 Å². The standard InChI is InChI=1S/C7H10O4S/c1-12(10,11)6-4-2-3-5-7(8)9/h2-3,5H2,1H3,(H,8,9). The van der Waals surface area contributed by atoms with Gasteiger partial charge in [0.05, 0.1) is 6.26 Å². The van der Waals surface area contributed by atoms with Gasteiger partial charge in [0.15, 0.2) is 0 Å². The quantitative estimate of drug-likeness (QED) is 0.393. The summed E-state index contributed by atoms with van der Waals surface area (Å²) in [4.78, 5) is 9.99. The Balaban J connectivity index is 3.68. The van der Waals surface area contributed by atoms with Gasteiger partial charge in [0.25, 0.3) is 0 Å². The molecule has 1 N–H and O–H groups in total. The van der Waals surface area contributed by atoms with Gasteiger partial charge in [-0.2, -0.15) is 0 Å². The van der Waals surface area contributed by atoms with Gasteiger partial charge in [-0.3, -0.25) is 4.79 Å². The van der Waals surface area contributed by atoms with Crippen molar-refractivity contribution in [2.24, 2.45) is 0 Å². The Morgan fingerprint density at radius 2 is 2.08 bits per heavy atom. The molecule has 0 aliphatic rings. The second kappa shape index (κ2) is 4.78. The average Bonchev–Trinajstić information content (AvgIpc) is 1.83. The Kier molecular flexibility index (Phi) is 4.37. The molecule has 0 aromatic rings. The highest BCUT2D eigenvalue weighted by atomic mass is 32.2. The molecule has 0 fully saturated rings. The average molecular weight is 190 g/mol. The SMILES string of the molecule is CS(=O)(=O)C#CCCCC(=O)O. The van der Waals surface area contributed by atoms with Crippen LogP contribution < -0.4 is 0 Å². The van der Waals surface area contributed by atoms with Gasteiger partial charge in [-0.25, -0.2) is 8.42 Å². The Bertz CT molecular complexity index is 304. The molecule has 0 aliphatic carbocycles. The molecule has 0 unspecified atom stereocenters. The number of carboxylic acids is 1. The monoisotopic (exact) mass is 190 g/mol. The fourth-order valence-corrected chi connectivity index (χ4v) is 0.874. The molecule has 0 aromatic carbocycles. The van der Waals surface area contributed by atoms with E-state index in [1.807, 2.05) is 5.25 Å². The molecule has 0 saturated carbocycles. The van der Waals surface area contributed by atoms with Crippen LogP contribution in [0.3, 0.4) is 0 Å². The summed E-state index contributed by atoms with van der Waals surface area (Å²) < 4.78 is 20.9. The van der Waals surface area contributed by atoms with E-state index in [1.54, 1.807) is 0 Å². The van der Waals surface area contributed by atoms with Crippen LogP contribution >= 0.6 is 0 Å². The highest BCUT2D eigenvalue weighted by Crippen LogP contribution is 1.93. The molecule has 0 bridgehead atoms. The summed E-state index contributed by atoms with van der Waals surface area (Å²) in [6.45, 7) is 0. The molecular weight excluding hydrogens is 180 g/mol. The van der Waals surface area contributed by atoms with Crippen molar-refractivity contribution in [2.45, 2.75) is 19.3 Å².